The van der Waals surface area contributed by atoms with E-state index in [2.05, 4.69) is 14.6 Å². The molecule has 0 aliphatic heterocycles. The molecule has 0 aliphatic rings. The fourth-order valence-corrected chi connectivity index (χ4v) is 4.44. The quantitative estimate of drug-likeness (QED) is 0.438. The van der Waals surface area contributed by atoms with Gasteiger partial charge in [0.1, 0.15) is 0 Å². The SMILES string of the molecule is O=S(=S)([O][U])[O][U]. The van der Waals surface area contributed by atoms with Gasteiger partial charge in [-0.3, -0.25) is 0 Å². The molecule has 0 saturated heterocycles. The van der Waals surface area contributed by atoms with Gasteiger partial charge in [-0.25, -0.2) is 0 Å². The van der Waals surface area contributed by atoms with Gasteiger partial charge in [-0.2, -0.15) is 0 Å². The van der Waals surface area contributed by atoms with Crippen molar-refractivity contribution in [3.8, 4) is 0 Å². The van der Waals surface area contributed by atoms with E-state index >= 15 is 0 Å². The van der Waals surface area contributed by atoms with Crippen LogP contribution in [0.25, 0.3) is 0 Å². The zero-order chi connectivity index (χ0) is 5.91. The van der Waals surface area contributed by atoms with Gasteiger partial charge in [-0.1, -0.05) is 0 Å². The van der Waals surface area contributed by atoms with Crippen LogP contribution in [-0.2, 0) is 23.6 Å². The molecule has 0 aromatic rings. The fourth-order valence-electron chi connectivity index (χ4n) is 0.0170. The Morgan fingerprint density at radius 3 is 1.71 bits per heavy atom. The van der Waals surface area contributed by atoms with Gasteiger partial charge in [0.2, 0.25) is 0 Å². The topological polar surface area (TPSA) is 35.5 Å². The van der Waals surface area contributed by atoms with E-state index in [0.29, 0.717) is 0 Å². The average Bonchev–Trinajstić information content (AvgIpc) is 1.68. The Labute approximate surface area is 86.0 Å². The summed E-state index contributed by atoms with van der Waals surface area (Å²) < 4.78 is 19.2. The predicted molar refractivity (Wildman–Crippen MR) is 17.7 cm³/mol. The minimum absolute atomic E-state index is 0.192. The van der Waals surface area contributed by atoms with Crippen molar-refractivity contribution in [3.05, 3.63) is 0 Å². The van der Waals surface area contributed by atoms with Gasteiger partial charge in [-0.05, 0) is 0 Å². The van der Waals surface area contributed by atoms with E-state index in [1.807, 2.05) is 0 Å². The van der Waals surface area contributed by atoms with Crippen LogP contribution in [0, 0.1) is 59.8 Å². The summed E-state index contributed by atoms with van der Waals surface area (Å²) in [5.74, 6) is 0. The summed E-state index contributed by atoms with van der Waals surface area (Å²) in [4.78, 5) is 0. The molecule has 0 aliphatic carbocycles. The molecule has 0 spiro atoms. The Kier molecular flexibility index (Phi) is 5.70. The van der Waals surface area contributed by atoms with Crippen LogP contribution in [0.5, 0.6) is 0 Å². The van der Waals surface area contributed by atoms with Crippen molar-refractivity contribution in [1.29, 1.82) is 0 Å². The summed E-state index contributed by atoms with van der Waals surface area (Å²) in [6, 6.07) is 0. The first kappa shape index (κ1) is 9.39. The van der Waals surface area contributed by atoms with E-state index in [1.165, 1.54) is 0 Å². The summed E-state index contributed by atoms with van der Waals surface area (Å²) in [7, 11) is -2.67. The maximum absolute atomic E-state index is 10.4. The summed E-state index contributed by atoms with van der Waals surface area (Å²) in [6.45, 7) is 0. The second-order valence-electron chi connectivity index (χ2n) is 0.575. The van der Waals surface area contributed by atoms with E-state index < -0.39 is 9.05 Å². The van der Waals surface area contributed by atoms with Gasteiger partial charge < -0.3 is 0 Å². The Morgan fingerprint density at radius 2 is 1.71 bits per heavy atom. The molecule has 0 N–H and O–H groups in total. The van der Waals surface area contributed by atoms with E-state index in [4.69, 9.17) is 0 Å². The van der Waals surface area contributed by atoms with Crippen LogP contribution < -0.4 is 0 Å². The normalized spacial score (nSPS) is 12.0. The molecule has 0 bridgehead atoms. The maximum atomic E-state index is 10.4. The summed E-state index contributed by atoms with van der Waals surface area (Å²) in [5, 5.41) is 0. The minimum atomic E-state index is -2.67. The first-order chi connectivity index (χ1) is 3.12. The molecular formula is O3S2U2. The van der Waals surface area contributed by atoms with Crippen molar-refractivity contribution < 1.29 is 67.4 Å². The van der Waals surface area contributed by atoms with Gasteiger partial charge in [-0.15, -0.1) is 0 Å². The predicted octanol–water partition coefficient (Wildman–Crippen LogP) is -0.476. The van der Waals surface area contributed by atoms with Crippen LogP contribution >= 0.6 is 0 Å². The van der Waals surface area contributed by atoms with Crippen molar-refractivity contribution in [2.75, 3.05) is 0 Å². The summed E-state index contributed by atoms with van der Waals surface area (Å²) >= 11 is 4.70. The van der Waals surface area contributed by atoms with E-state index in [0.717, 1.165) is 0 Å². The van der Waals surface area contributed by atoms with E-state index in [1.54, 1.807) is 0 Å². The van der Waals surface area contributed by atoms with Crippen LogP contribution in [0.3, 0.4) is 0 Å². The number of hydrogen-bond acceptors (Lipinski definition) is 4. The molecule has 3 nitrogen and oxygen atoms in total. The third kappa shape index (κ3) is 4.87. The second kappa shape index (κ2) is 4.25. The molecule has 0 aromatic heterocycles. The molecule has 0 radical (unpaired) electrons. The molecule has 0 rings (SSSR count). The van der Waals surface area contributed by atoms with Gasteiger partial charge in [0.05, 0.1) is 0 Å². The molecular weight excluding hydrogens is 588 g/mol. The molecule has 0 atom stereocenters. The average molecular weight is 588 g/mol. The molecule has 0 fully saturated rings. The van der Waals surface area contributed by atoms with Crippen LogP contribution in [0.15, 0.2) is 0 Å². The second-order valence-corrected chi connectivity index (χ2v) is 7.11. The van der Waals surface area contributed by atoms with Gasteiger partial charge >= 0.3 is 87.7 Å². The standard InChI is InChI=1S/H2O3S2.2U/c1-5(2,3)4;;/h(H2,1,2,3,4);;/q;2*+1/p-2. The molecule has 0 amide bonds. The molecule has 0 saturated carbocycles. The third-order valence-corrected chi connectivity index (χ3v) is 9.52. The Hall–Kier alpha value is 2.39. The zero-order valence-corrected chi connectivity index (χ0v) is 13.0. The first-order valence-corrected chi connectivity index (χ1v) is 6.81. The van der Waals surface area contributed by atoms with Crippen molar-refractivity contribution >= 4 is 20.2 Å². The van der Waals surface area contributed by atoms with Crippen molar-refractivity contribution in [1.82, 2.24) is 0 Å². The molecule has 0 unspecified atom stereocenters. The van der Waals surface area contributed by atoms with E-state index in [-0.39, 0.29) is 59.8 Å². The molecule has 0 heterocycles. The summed E-state index contributed by atoms with van der Waals surface area (Å²) in [5.41, 5.74) is 0. The van der Waals surface area contributed by atoms with Gasteiger partial charge in [0.15, 0.2) is 0 Å². The fraction of sp³-hybridized carbons (Fsp3) is 0. The van der Waals surface area contributed by atoms with Crippen LogP contribution in [0.4, 0.5) is 0 Å². The van der Waals surface area contributed by atoms with Crippen LogP contribution in [-0.4, -0.2) is 4.21 Å². The number of hydrogen-bond donors (Lipinski definition) is 0. The molecule has 38 valence electrons. The van der Waals surface area contributed by atoms with Gasteiger partial charge in [0, 0.05) is 0 Å². The van der Waals surface area contributed by atoms with Crippen molar-refractivity contribution in [2.45, 2.75) is 0 Å². The molecule has 7 heteroatoms. The van der Waals surface area contributed by atoms with Crippen molar-refractivity contribution in [3.63, 3.8) is 0 Å². The van der Waals surface area contributed by atoms with E-state index in [9.17, 15) is 4.21 Å². The van der Waals surface area contributed by atoms with Crippen molar-refractivity contribution in [2.24, 2.45) is 0 Å². The molecule has 7 heavy (non-hydrogen) atoms. The number of rotatable bonds is 2. The van der Waals surface area contributed by atoms with Crippen LogP contribution in [0.2, 0.25) is 0 Å². The first-order valence-electron chi connectivity index (χ1n) is 1.07. The monoisotopic (exact) mass is 588 g/mol. The Balaban J connectivity index is 3.89. The van der Waals surface area contributed by atoms with Crippen LogP contribution in [0.1, 0.15) is 0 Å². The Morgan fingerprint density at radius 1 is 1.43 bits per heavy atom. The van der Waals surface area contributed by atoms with Gasteiger partial charge in [0.25, 0.3) is 0 Å². The Bertz CT molecular complexity index is 114. The zero-order valence-electron chi connectivity index (χ0n) is 3.04. The third-order valence-electron chi connectivity index (χ3n) is 0.204. The summed E-state index contributed by atoms with van der Waals surface area (Å²) in [6.07, 6.45) is 0. The molecule has 0 aromatic carbocycles.